The minimum absolute atomic E-state index is 0.122. The second-order valence-electron chi connectivity index (χ2n) is 3.71. The normalized spacial score (nSPS) is 17.4. The van der Waals surface area contributed by atoms with Crippen LogP contribution >= 0.6 is 11.3 Å². The maximum absolute atomic E-state index is 9.08. The van der Waals surface area contributed by atoms with Gasteiger partial charge in [0.2, 0.25) is 0 Å². The first-order chi connectivity index (χ1) is 6.81. The van der Waals surface area contributed by atoms with Crippen molar-refractivity contribution in [3.63, 3.8) is 0 Å². The van der Waals surface area contributed by atoms with E-state index >= 15 is 0 Å². The first-order valence-corrected chi connectivity index (χ1v) is 5.95. The Morgan fingerprint density at radius 3 is 2.64 bits per heavy atom. The Kier molecular flexibility index (Phi) is 3.03. The summed E-state index contributed by atoms with van der Waals surface area (Å²) in [5.41, 5.74) is 0.984. The summed E-state index contributed by atoms with van der Waals surface area (Å²) in [6.45, 7) is 4.34. The summed E-state index contributed by atoms with van der Waals surface area (Å²) in [6.07, 6.45) is 3.88. The van der Waals surface area contributed by atoms with Crippen LogP contribution in [0, 0.1) is 6.92 Å². The second-order valence-corrected chi connectivity index (χ2v) is 4.77. The third-order valence-corrected chi connectivity index (χ3v) is 3.85. The topological polar surface area (TPSA) is 36.4 Å². The van der Waals surface area contributed by atoms with Gasteiger partial charge in [-0.05, 0) is 26.2 Å². The standard InChI is InChI=1S/C10H16N2OS/c1-8-9(7-13)14-10(11-8)12-5-3-2-4-6-12/h13H,2-7H2,1H3. The van der Waals surface area contributed by atoms with Crippen molar-refractivity contribution < 1.29 is 5.11 Å². The van der Waals surface area contributed by atoms with E-state index in [2.05, 4.69) is 9.88 Å². The van der Waals surface area contributed by atoms with Crippen LogP contribution in [0.15, 0.2) is 0 Å². The van der Waals surface area contributed by atoms with Gasteiger partial charge >= 0.3 is 0 Å². The minimum Gasteiger partial charge on any atom is -0.391 e. The molecule has 0 aliphatic carbocycles. The molecule has 0 spiro atoms. The van der Waals surface area contributed by atoms with Crippen molar-refractivity contribution in [2.75, 3.05) is 18.0 Å². The van der Waals surface area contributed by atoms with Gasteiger partial charge in [0.25, 0.3) is 0 Å². The van der Waals surface area contributed by atoms with Gasteiger partial charge < -0.3 is 10.0 Å². The first-order valence-electron chi connectivity index (χ1n) is 5.13. The number of anilines is 1. The molecule has 1 aliphatic heterocycles. The summed E-state index contributed by atoms with van der Waals surface area (Å²) >= 11 is 1.63. The van der Waals surface area contributed by atoms with Crippen molar-refractivity contribution in [2.24, 2.45) is 0 Å². The zero-order valence-corrected chi connectivity index (χ0v) is 9.31. The van der Waals surface area contributed by atoms with Crippen molar-refractivity contribution >= 4 is 16.5 Å². The van der Waals surface area contributed by atoms with Crippen molar-refractivity contribution in [3.8, 4) is 0 Å². The summed E-state index contributed by atoms with van der Waals surface area (Å²) in [6, 6.07) is 0. The summed E-state index contributed by atoms with van der Waals surface area (Å²) in [4.78, 5) is 7.83. The van der Waals surface area contributed by atoms with Crippen LogP contribution in [-0.4, -0.2) is 23.2 Å². The SMILES string of the molecule is Cc1nc(N2CCCCC2)sc1CO. The molecule has 1 aromatic heterocycles. The molecule has 0 aromatic carbocycles. The van der Waals surface area contributed by atoms with E-state index in [0.717, 1.165) is 28.8 Å². The highest BCUT2D eigenvalue weighted by atomic mass is 32.1. The molecule has 2 heterocycles. The van der Waals surface area contributed by atoms with E-state index in [1.165, 1.54) is 19.3 Å². The fourth-order valence-electron chi connectivity index (χ4n) is 1.78. The maximum atomic E-state index is 9.08. The number of aromatic nitrogens is 1. The lowest BCUT2D eigenvalue weighted by atomic mass is 10.1. The average molecular weight is 212 g/mol. The molecule has 3 nitrogen and oxygen atoms in total. The molecule has 2 rings (SSSR count). The van der Waals surface area contributed by atoms with E-state index in [4.69, 9.17) is 5.11 Å². The Morgan fingerprint density at radius 1 is 1.36 bits per heavy atom. The summed E-state index contributed by atoms with van der Waals surface area (Å²) in [5.74, 6) is 0. The van der Waals surface area contributed by atoms with Crippen molar-refractivity contribution in [1.82, 2.24) is 4.98 Å². The number of aliphatic hydroxyl groups excluding tert-OH is 1. The van der Waals surface area contributed by atoms with E-state index in [1.807, 2.05) is 6.92 Å². The van der Waals surface area contributed by atoms with Crippen molar-refractivity contribution in [3.05, 3.63) is 10.6 Å². The van der Waals surface area contributed by atoms with Crippen LogP contribution in [0.2, 0.25) is 0 Å². The lowest BCUT2D eigenvalue weighted by Gasteiger charge is -2.25. The highest BCUT2D eigenvalue weighted by Crippen LogP contribution is 2.27. The number of rotatable bonds is 2. The van der Waals surface area contributed by atoms with Crippen LogP contribution in [0.25, 0.3) is 0 Å². The van der Waals surface area contributed by atoms with Crippen LogP contribution in [-0.2, 0) is 6.61 Å². The van der Waals surface area contributed by atoms with Gasteiger partial charge in [0.15, 0.2) is 5.13 Å². The predicted molar refractivity (Wildman–Crippen MR) is 58.8 cm³/mol. The van der Waals surface area contributed by atoms with Gasteiger partial charge in [-0.15, -0.1) is 0 Å². The fourth-order valence-corrected chi connectivity index (χ4v) is 2.75. The van der Waals surface area contributed by atoms with Crippen LogP contribution in [0.5, 0.6) is 0 Å². The summed E-state index contributed by atoms with van der Waals surface area (Å²) in [5, 5.41) is 10.2. The smallest absolute Gasteiger partial charge is 0.185 e. The third kappa shape index (κ3) is 1.91. The number of hydrogen-bond donors (Lipinski definition) is 1. The summed E-state index contributed by atoms with van der Waals surface area (Å²) in [7, 11) is 0. The number of nitrogens with zero attached hydrogens (tertiary/aromatic N) is 2. The van der Waals surface area contributed by atoms with Gasteiger partial charge in [-0.25, -0.2) is 4.98 Å². The van der Waals surface area contributed by atoms with Crippen molar-refractivity contribution in [2.45, 2.75) is 32.8 Å². The second kappa shape index (κ2) is 4.28. The van der Waals surface area contributed by atoms with Gasteiger partial charge in [-0.3, -0.25) is 0 Å². The zero-order chi connectivity index (χ0) is 9.97. The quantitative estimate of drug-likeness (QED) is 0.814. The predicted octanol–water partition coefficient (Wildman–Crippen LogP) is 1.93. The minimum atomic E-state index is 0.122. The van der Waals surface area contributed by atoms with E-state index in [1.54, 1.807) is 11.3 Å². The molecule has 78 valence electrons. The highest BCUT2D eigenvalue weighted by Gasteiger charge is 2.15. The molecule has 1 aliphatic rings. The lowest BCUT2D eigenvalue weighted by molar-refractivity contribution is 0.284. The Labute approximate surface area is 88.4 Å². The van der Waals surface area contributed by atoms with Gasteiger partial charge in [-0.2, -0.15) is 0 Å². The van der Waals surface area contributed by atoms with Gasteiger partial charge in [0, 0.05) is 13.1 Å². The fraction of sp³-hybridized carbons (Fsp3) is 0.700. The molecule has 0 unspecified atom stereocenters. The molecule has 0 saturated carbocycles. The van der Waals surface area contributed by atoms with Crippen LogP contribution < -0.4 is 4.90 Å². The molecular formula is C10H16N2OS. The zero-order valence-electron chi connectivity index (χ0n) is 8.49. The summed E-state index contributed by atoms with van der Waals surface area (Å²) < 4.78 is 0. The Morgan fingerprint density at radius 2 is 2.07 bits per heavy atom. The molecule has 14 heavy (non-hydrogen) atoms. The monoisotopic (exact) mass is 212 g/mol. The molecule has 0 bridgehead atoms. The molecule has 0 amide bonds. The van der Waals surface area contributed by atoms with E-state index in [0.29, 0.717) is 0 Å². The molecular weight excluding hydrogens is 196 g/mol. The van der Waals surface area contributed by atoms with E-state index in [9.17, 15) is 0 Å². The number of thiazole rings is 1. The number of aliphatic hydroxyl groups is 1. The molecule has 1 fully saturated rings. The Hall–Kier alpha value is -0.610. The van der Waals surface area contributed by atoms with E-state index < -0.39 is 0 Å². The molecule has 0 radical (unpaired) electrons. The van der Waals surface area contributed by atoms with Crippen molar-refractivity contribution in [1.29, 1.82) is 0 Å². The van der Waals surface area contributed by atoms with Crippen LogP contribution in [0.1, 0.15) is 29.8 Å². The first kappa shape index (κ1) is 9.93. The lowest BCUT2D eigenvalue weighted by Crippen LogP contribution is -2.29. The molecule has 4 heteroatoms. The van der Waals surface area contributed by atoms with E-state index in [-0.39, 0.29) is 6.61 Å². The largest absolute Gasteiger partial charge is 0.391 e. The molecule has 1 saturated heterocycles. The van der Waals surface area contributed by atoms with Crippen LogP contribution in [0.3, 0.4) is 0 Å². The van der Waals surface area contributed by atoms with Gasteiger partial charge in [0.05, 0.1) is 17.2 Å². The van der Waals surface area contributed by atoms with Gasteiger partial charge in [-0.1, -0.05) is 11.3 Å². The molecule has 0 atom stereocenters. The number of hydrogen-bond acceptors (Lipinski definition) is 4. The number of aryl methyl sites for hydroxylation is 1. The average Bonchev–Trinajstić information content (AvgIpc) is 2.61. The van der Waals surface area contributed by atoms with Gasteiger partial charge in [0.1, 0.15) is 0 Å². The highest BCUT2D eigenvalue weighted by molar-refractivity contribution is 7.15. The Bertz CT molecular complexity index is 305. The molecule has 1 aromatic rings. The Balaban J connectivity index is 2.14. The maximum Gasteiger partial charge on any atom is 0.185 e. The number of piperidine rings is 1. The third-order valence-electron chi connectivity index (χ3n) is 2.65. The van der Waals surface area contributed by atoms with Crippen LogP contribution in [0.4, 0.5) is 5.13 Å². The molecule has 1 N–H and O–H groups in total.